The van der Waals surface area contributed by atoms with Gasteiger partial charge in [0, 0.05) is 12.8 Å². The number of carbonyl (C=O) groups excluding carboxylic acids is 2. The first-order valence-corrected chi connectivity index (χ1v) is 31.4. The van der Waals surface area contributed by atoms with Gasteiger partial charge in [-0.15, -0.1) is 0 Å². The maximum atomic E-state index is 13.5. The van der Waals surface area contributed by atoms with Crippen LogP contribution in [0.3, 0.4) is 0 Å². The van der Waals surface area contributed by atoms with Gasteiger partial charge in [0.1, 0.15) is 19.3 Å². The van der Waals surface area contributed by atoms with Gasteiger partial charge in [-0.25, -0.2) is 0 Å². The summed E-state index contributed by atoms with van der Waals surface area (Å²) in [7, 11) is 1.17. The molecule has 3 atom stereocenters. The van der Waals surface area contributed by atoms with Crippen LogP contribution >= 0.6 is 7.82 Å². The Balaban J connectivity index is 5.29. The lowest BCUT2D eigenvalue weighted by Gasteiger charge is -2.30. The second-order valence-electron chi connectivity index (χ2n) is 21.5. The number of nitrogens with one attached hydrogen (secondary N) is 1. The first-order chi connectivity index (χ1) is 34.4. The highest BCUT2D eigenvalue weighted by Gasteiger charge is 2.27. The average molecular weight is 1020 g/mol. The fourth-order valence-corrected chi connectivity index (χ4v) is 9.31. The van der Waals surface area contributed by atoms with Crippen molar-refractivity contribution in [1.82, 2.24) is 5.32 Å². The quantitative estimate of drug-likeness (QED) is 0.0212. The minimum Gasteiger partial charge on any atom is -0.756 e. The molecule has 0 aliphatic heterocycles. The average Bonchev–Trinajstić information content (AvgIpc) is 3.33. The molecular formula is C61H115N2O7P. The van der Waals surface area contributed by atoms with Crippen molar-refractivity contribution in [3.63, 3.8) is 0 Å². The van der Waals surface area contributed by atoms with Crippen LogP contribution < -0.4 is 10.2 Å². The number of hydrogen-bond donors (Lipinski definition) is 1. The first-order valence-electron chi connectivity index (χ1n) is 29.9. The van der Waals surface area contributed by atoms with Gasteiger partial charge in [-0.05, 0) is 70.3 Å². The summed E-state index contributed by atoms with van der Waals surface area (Å²) in [5.41, 5.74) is 0. The van der Waals surface area contributed by atoms with Crippen LogP contribution in [0.4, 0.5) is 0 Å². The van der Waals surface area contributed by atoms with Crippen molar-refractivity contribution in [3.8, 4) is 0 Å². The zero-order valence-corrected chi connectivity index (χ0v) is 48.3. The van der Waals surface area contributed by atoms with Crippen LogP contribution in [0.25, 0.3) is 0 Å². The molecule has 0 fully saturated rings. The molecule has 0 spiro atoms. The van der Waals surface area contributed by atoms with Crippen LogP contribution in [0, 0.1) is 0 Å². The molecule has 416 valence electrons. The minimum absolute atomic E-state index is 0.0261. The van der Waals surface area contributed by atoms with E-state index in [1.165, 1.54) is 161 Å². The molecule has 1 amide bonds. The number of hydrogen-bond acceptors (Lipinski definition) is 7. The van der Waals surface area contributed by atoms with E-state index in [4.69, 9.17) is 13.8 Å². The van der Waals surface area contributed by atoms with E-state index < -0.39 is 26.6 Å². The summed E-state index contributed by atoms with van der Waals surface area (Å²) in [6, 6.07) is -0.897. The van der Waals surface area contributed by atoms with Crippen LogP contribution in [0.15, 0.2) is 48.6 Å². The van der Waals surface area contributed by atoms with Crippen molar-refractivity contribution in [3.05, 3.63) is 48.6 Å². The fraction of sp³-hybridized carbons (Fsp3) is 0.836. The second-order valence-corrected chi connectivity index (χ2v) is 22.9. The van der Waals surface area contributed by atoms with E-state index in [1.54, 1.807) is 0 Å². The second kappa shape index (κ2) is 51.5. The number of amides is 1. The Hall–Kier alpha value is -2.03. The summed E-state index contributed by atoms with van der Waals surface area (Å²) < 4.78 is 30.2. The number of carbonyl (C=O) groups is 2. The molecular weight excluding hydrogens is 904 g/mol. The van der Waals surface area contributed by atoms with Gasteiger partial charge in [0.2, 0.25) is 5.91 Å². The van der Waals surface area contributed by atoms with Gasteiger partial charge in [-0.3, -0.25) is 14.2 Å². The number of rotatable bonds is 54. The molecule has 0 radical (unpaired) electrons. The smallest absolute Gasteiger partial charge is 0.306 e. The third kappa shape index (κ3) is 52.6. The van der Waals surface area contributed by atoms with Crippen molar-refractivity contribution in [2.24, 2.45) is 0 Å². The van der Waals surface area contributed by atoms with Crippen molar-refractivity contribution < 1.29 is 37.3 Å². The number of nitrogens with zero attached hydrogens (tertiary/aromatic N) is 1. The number of likely N-dealkylation sites (N-methyl/N-ethyl adjacent to an activating group) is 1. The SMILES string of the molecule is CCCCC/C=C\C/C=C\C/C=C\CCCCCCC(=O)NC(COP(=O)([O-])OCC[N+](C)(C)C)C(/C=C/CCCCCCCCCCC)OC(=O)CCCCCCCCCCCCCCCCCCC. The summed E-state index contributed by atoms with van der Waals surface area (Å²) in [4.78, 5) is 39.9. The van der Waals surface area contributed by atoms with Crippen molar-refractivity contribution >= 4 is 19.7 Å². The van der Waals surface area contributed by atoms with Crippen molar-refractivity contribution in [1.29, 1.82) is 0 Å². The highest BCUT2D eigenvalue weighted by atomic mass is 31.2. The molecule has 3 unspecified atom stereocenters. The van der Waals surface area contributed by atoms with Crippen LogP contribution in [0.2, 0.25) is 0 Å². The Morgan fingerprint density at radius 1 is 0.493 bits per heavy atom. The molecule has 10 heteroatoms. The standard InChI is InChI=1S/C61H115N2O7P/c1-7-10-13-16-19-22-25-27-29-31-33-35-38-41-44-47-50-53-60(64)62-58(57-69-71(66,67)68-56-55-63(4,5)6)59(52-49-46-43-40-37-24-21-18-15-12-9-3)70-61(65)54-51-48-45-42-39-36-34-32-30-28-26-23-20-17-14-11-8-2/h19,22,27,29,33,35,49,52,58-59H,7-18,20-21,23-26,28,30-32,34,36-48,50-51,53-57H2,1-6H3,(H-,62,64,66,67)/b22-19-,29-27-,35-33-,52-49+. The van der Waals surface area contributed by atoms with Gasteiger partial charge >= 0.3 is 5.97 Å². The van der Waals surface area contributed by atoms with E-state index in [9.17, 15) is 19.0 Å². The maximum Gasteiger partial charge on any atom is 0.306 e. The Kier molecular flexibility index (Phi) is 50.0. The van der Waals surface area contributed by atoms with Crippen LogP contribution in [-0.2, 0) is 27.9 Å². The lowest BCUT2D eigenvalue weighted by Crippen LogP contribution is -2.47. The largest absolute Gasteiger partial charge is 0.756 e. The summed E-state index contributed by atoms with van der Waals surface area (Å²) >= 11 is 0. The number of phosphoric ester groups is 1. The van der Waals surface area contributed by atoms with Crippen molar-refractivity contribution in [2.45, 2.75) is 290 Å². The fourth-order valence-electron chi connectivity index (χ4n) is 8.59. The predicted molar refractivity (Wildman–Crippen MR) is 302 cm³/mol. The van der Waals surface area contributed by atoms with E-state index in [1.807, 2.05) is 33.3 Å². The molecule has 71 heavy (non-hydrogen) atoms. The predicted octanol–water partition coefficient (Wildman–Crippen LogP) is 17.5. The Bertz CT molecular complexity index is 1360. The maximum absolute atomic E-state index is 13.5. The lowest BCUT2D eigenvalue weighted by molar-refractivity contribution is -0.870. The summed E-state index contributed by atoms with van der Waals surface area (Å²) in [6.07, 6.45) is 62.1. The van der Waals surface area contributed by atoms with Crippen molar-refractivity contribution in [2.75, 3.05) is 40.9 Å². The third-order valence-corrected chi connectivity index (χ3v) is 14.2. The van der Waals surface area contributed by atoms with Crippen LogP contribution in [0.1, 0.15) is 278 Å². The number of quaternary nitrogens is 1. The number of unbranched alkanes of at least 4 members (excludes halogenated alkanes) is 32. The topological polar surface area (TPSA) is 114 Å². The molecule has 0 aliphatic carbocycles. The van der Waals surface area contributed by atoms with Gasteiger partial charge in [0.25, 0.3) is 7.82 Å². The van der Waals surface area contributed by atoms with E-state index >= 15 is 0 Å². The molecule has 1 N–H and O–H groups in total. The van der Waals surface area contributed by atoms with E-state index in [2.05, 4.69) is 62.5 Å². The summed E-state index contributed by atoms with van der Waals surface area (Å²) in [5.74, 6) is -0.558. The number of allylic oxidation sites excluding steroid dienone is 7. The third-order valence-electron chi connectivity index (χ3n) is 13.3. The molecule has 0 saturated carbocycles. The molecule has 0 heterocycles. The first kappa shape index (κ1) is 69.0. The zero-order valence-electron chi connectivity index (χ0n) is 47.4. The van der Waals surface area contributed by atoms with Gasteiger partial charge < -0.3 is 28.5 Å². The van der Waals surface area contributed by atoms with Crippen LogP contribution in [-0.4, -0.2) is 69.4 Å². The van der Waals surface area contributed by atoms with E-state index in [0.29, 0.717) is 23.9 Å². The number of esters is 1. The molecule has 0 aromatic rings. The molecule has 9 nitrogen and oxygen atoms in total. The van der Waals surface area contributed by atoms with Crippen LogP contribution in [0.5, 0.6) is 0 Å². The van der Waals surface area contributed by atoms with Gasteiger partial charge in [-0.1, -0.05) is 243 Å². The Morgan fingerprint density at radius 2 is 0.859 bits per heavy atom. The van der Waals surface area contributed by atoms with Gasteiger partial charge in [-0.2, -0.15) is 0 Å². The van der Waals surface area contributed by atoms with Gasteiger partial charge in [0.05, 0.1) is 33.8 Å². The molecule has 0 saturated heterocycles. The number of ether oxygens (including phenoxy) is 1. The Morgan fingerprint density at radius 3 is 1.31 bits per heavy atom. The summed E-state index contributed by atoms with van der Waals surface area (Å²) in [6.45, 7) is 6.81. The van der Waals surface area contributed by atoms with Gasteiger partial charge in [0.15, 0.2) is 0 Å². The monoisotopic (exact) mass is 1020 g/mol. The lowest BCUT2D eigenvalue weighted by atomic mass is 10.0. The minimum atomic E-state index is -4.70. The highest BCUT2D eigenvalue weighted by Crippen LogP contribution is 2.38. The molecule has 0 bridgehead atoms. The zero-order chi connectivity index (χ0) is 52.2. The Labute approximate surface area is 439 Å². The molecule has 0 aromatic heterocycles. The van der Waals surface area contributed by atoms with E-state index in [-0.39, 0.29) is 24.9 Å². The molecule has 0 aliphatic rings. The number of phosphoric acid groups is 1. The summed E-state index contributed by atoms with van der Waals surface area (Å²) in [5, 5.41) is 3.01. The highest BCUT2D eigenvalue weighted by molar-refractivity contribution is 7.45. The van der Waals surface area contributed by atoms with E-state index in [0.717, 1.165) is 77.0 Å². The molecule has 0 rings (SSSR count). The normalized spacial score (nSPS) is 14.1. The molecule has 0 aromatic carbocycles.